The van der Waals surface area contributed by atoms with Crippen molar-refractivity contribution >= 4 is 17.9 Å². The largest absolute Gasteiger partial charge is 0.294 e. The number of carbonyl (C=O) groups is 1. The SMILES string of the molecule is C=c1cccc/c1=C(\C(=O)CC(C)c1ccccc1)c1ccccc1C.CC. The van der Waals surface area contributed by atoms with Gasteiger partial charge < -0.3 is 0 Å². The molecule has 0 saturated heterocycles. The minimum absolute atomic E-state index is 0.159. The topological polar surface area (TPSA) is 17.1 Å². The average Bonchev–Trinajstić information content (AvgIpc) is 2.73. The first-order valence-corrected chi connectivity index (χ1v) is 10.0. The van der Waals surface area contributed by atoms with Gasteiger partial charge in [0.15, 0.2) is 5.78 Å². The lowest BCUT2D eigenvalue weighted by Gasteiger charge is -2.15. The smallest absolute Gasteiger partial charge is 0.164 e. The van der Waals surface area contributed by atoms with Gasteiger partial charge in [0.1, 0.15) is 0 Å². The third-order valence-corrected chi connectivity index (χ3v) is 4.84. The van der Waals surface area contributed by atoms with Gasteiger partial charge in [-0.2, -0.15) is 0 Å². The van der Waals surface area contributed by atoms with E-state index < -0.39 is 0 Å². The fourth-order valence-corrected chi connectivity index (χ4v) is 3.34. The van der Waals surface area contributed by atoms with Gasteiger partial charge >= 0.3 is 0 Å². The molecule has 0 radical (unpaired) electrons. The van der Waals surface area contributed by atoms with Crippen molar-refractivity contribution in [1.29, 1.82) is 0 Å². The fourth-order valence-electron chi connectivity index (χ4n) is 3.34. The highest BCUT2D eigenvalue weighted by atomic mass is 16.1. The standard InChI is InChI=1S/C25H24O.C2H6/c1-18-11-7-9-15-22(18)25(23-16-10-8-12-19(23)2)24(26)17-20(3)21-13-5-4-6-14-21;1-2/h4-16,20H,1,17H2,2-3H3;1-2H3/b25-22+;. The maximum atomic E-state index is 13.4. The van der Waals surface area contributed by atoms with E-state index in [0.717, 1.165) is 27.1 Å². The van der Waals surface area contributed by atoms with Crippen LogP contribution in [0.25, 0.3) is 12.2 Å². The van der Waals surface area contributed by atoms with Crippen LogP contribution in [0.4, 0.5) is 0 Å². The van der Waals surface area contributed by atoms with E-state index in [9.17, 15) is 4.79 Å². The lowest BCUT2D eigenvalue weighted by atomic mass is 9.88. The van der Waals surface area contributed by atoms with E-state index in [2.05, 4.69) is 38.6 Å². The molecular weight excluding hydrogens is 340 g/mol. The molecule has 0 N–H and O–H groups in total. The van der Waals surface area contributed by atoms with Crippen LogP contribution in [0.5, 0.6) is 0 Å². The minimum Gasteiger partial charge on any atom is -0.294 e. The van der Waals surface area contributed by atoms with Crippen molar-refractivity contribution in [2.45, 2.75) is 40.0 Å². The first kappa shape index (κ1) is 21.4. The molecule has 0 heterocycles. The van der Waals surface area contributed by atoms with Crippen molar-refractivity contribution in [1.82, 2.24) is 0 Å². The maximum Gasteiger partial charge on any atom is 0.164 e. The number of rotatable bonds is 5. The second kappa shape index (κ2) is 10.4. The van der Waals surface area contributed by atoms with Gasteiger partial charge in [-0.05, 0) is 40.0 Å². The van der Waals surface area contributed by atoms with E-state index in [-0.39, 0.29) is 11.7 Å². The van der Waals surface area contributed by atoms with Crippen molar-refractivity contribution in [3.63, 3.8) is 0 Å². The molecule has 0 aliphatic carbocycles. The highest BCUT2D eigenvalue weighted by Crippen LogP contribution is 2.24. The summed E-state index contributed by atoms with van der Waals surface area (Å²) in [6.07, 6.45) is 0.474. The van der Waals surface area contributed by atoms with Gasteiger partial charge in [0.05, 0.1) is 0 Å². The zero-order valence-electron chi connectivity index (χ0n) is 17.4. The maximum absolute atomic E-state index is 13.4. The molecule has 0 aliphatic rings. The molecule has 0 amide bonds. The average molecular weight is 371 g/mol. The van der Waals surface area contributed by atoms with Crippen molar-refractivity contribution in [3.05, 3.63) is 106 Å². The second-order valence-corrected chi connectivity index (χ2v) is 6.79. The van der Waals surface area contributed by atoms with E-state index in [1.54, 1.807) is 0 Å². The number of hydrogen-bond acceptors (Lipinski definition) is 1. The number of hydrogen-bond donors (Lipinski definition) is 0. The molecule has 0 fully saturated rings. The van der Waals surface area contributed by atoms with Crippen molar-refractivity contribution in [2.75, 3.05) is 0 Å². The Morgan fingerprint density at radius 3 is 2.07 bits per heavy atom. The summed E-state index contributed by atoms with van der Waals surface area (Å²) in [4.78, 5) is 13.4. The van der Waals surface area contributed by atoms with Crippen molar-refractivity contribution < 1.29 is 4.79 Å². The van der Waals surface area contributed by atoms with Crippen molar-refractivity contribution in [2.24, 2.45) is 0 Å². The molecule has 0 bridgehead atoms. The Morgan fingerprint density at radius 2 is 1.43 bits per heavy atom. The third kappa shape index (κ3) is 5.07. The van der Waals surface area contributed by atoms with Crippen LogP contribution in [-0.2, 0) is 4.79 Å². The molecule has 0 aliphatic heterocycles. The van der Waals surface area contributed by atoms with Gasteiger partial charge in [-0.1, -0.05) is 106 Å². The molecule has 0 aromatic heterocycles. The third-order valence-electron chi connectivity index (χ3n) is 4.84. The van der Waals surface area contributed by atoms with Crippen LogP contribution in [0, 0.1) is 6.92 Å². The predicted molar refractivity (Wildman–Crippen MR) is 121 cm³/mol. The molecule has 3 aromatic carbocycles. The van der Waals surface area contributed by atoms with E-state index in [4.69, 9.17) is 0 Å². The van der Waals surface area contributed by atoms with Crippen molar-refractivity contribution in [3.8, 4) is 0 Å². The second-order valence-electron chi connectivity index (χ2n) is 6.79. The molecule has 144 valence electrons. The normalized spacial score (nSPS) is 12.4. The molecule has 1 nitrogen and oxygen atoms in total. The number of ketones is 1. The van der Waals surface area contributed by atoms with Gasteiger partial charge in [-0.3, -0.25) is 4.79 Å². The molecule has 0 saturated carbocycles. The number of aryl methyl sites for hydroxylation is 1. The molecule has 3 rings (SSSR count). The number of Topliss-reactive ketones (excluding diaryl/α,β-unsaturated/α-hetero) is 1. The number of carbonyl (C=O) groups excluding carboxylic acids is 1. The van der Waals surface area contributed by atoms with Crippen LogP contribution >= 0.6 is 0 Å². The Bertz CT molecular complexity index is 1020. The molecule has 0 spiro atoms. The van der Waals surface area contributed by atoms with Gasteiger partial charge in [0.2, 0.25) is 0 Å². The molecule has 3 aromatic rings. The summed E-state index contributed by atoms with van der Waals surface area (Å²) in [5.41, 5.74) is 4.06. The van der Waals surface area contributed by atoms with Gasteiger partial charge in [-0.15, -0.1) is 0 Å². The Morgan fingerprint density at radius 1 is 0.857 bits per heavy atom. The Labute approximate surface area is 169 Å². The summed E-state index contributed by atoms with van der Waals surface area (Å²) in [6, 6.07) is 26.2. The van der Waals surface area contributed by atoms with Crippen LogP contribution < -0.4 is 10.4 Å². The summed E-state index contributed by atoms with van der Waals surface area (Å²) in [5.74, 6) is 0.325. The zero-order chi connectivity index (χ0) is 20.5. The minimum atomic E-state index is 0.159. The van der Waals surface area contributed by atoms with E-state index in [0.29, 0.717) is 6.42 Å². The molecule has 1 atom stereocenters. The zero-order valence-corrected chi connectivity index (χ0v) is 17.4. The summed E-state index contributed by atoms with van der Waals surface area (Å²) in [7, 11) is 0. The summed E-state index contributed by atoms with van der Waals surface area (Å²) >= 11 is 0. The quantitative estimate of drug-likeness (QED) is 0.588. The van der Waals surface area contributed by atoms with Crippen LogP contribution in [0.15, 0.2) is 78.9 Å². The Kier molecular flexibility index (Phi) is 7.95. The fraction of sp³-hybridized carbons (Fsp3) is 0.222. The molecule has 28 heavy (non-hydrogen) atoms. The molecule has 1 heteroatoms. The molecule has 1 unspecified atom stereocenters. The Balaban J connectivity index is 0.00000136. The summed E-state index contributed by atoms with van der Waals surface area (Å²) in [6.45, 7) is 12.3. The number of benzene rings is 3. The van der Waals surface area contributed by atoms with E-state index in [1.165, 1.54) is 5.56 Å². The Hall–Kier alpha value is -2.93. The summed E-state index contributed by atoms with van der Waals surface area (Å²) in [5, 5.41) is 1.80. The van der Waals surface area contributed by atoms with Gasteiger partial charge in [0, 0.05) is 12.0 Å². The lowest BCUT2D eigenvalue weighted by molar-refractivity contribution is -0.114. The van der Waals surface area contributed by atoms with Crippen LogP contribution in [0.3, 0.4) is 0 Å². The summed E-state index contributed by atoms with van der Waals surface area (Å²) < 4.78 is 0. The lowest BCUT2D eigenvalue weighted by Crippen LogP contribution is -2.29. The highest BCUT2D eigenvalue weighted by molar-refractivity contribution is 6.20. The van der Waals surface area contributed by atoms with Crippen LogP contribution in [-0.4, -0.2) is 5.78 Å². The monoisotopic (exact) mass is 370 g/mol. The van der Waals surface area contributed by atoms with E-state index >= 15 is 0 Å². The van der Waals surface area contributed by atoms with Crippen LogP contribution in [0.2, 0.25) is 0 Å². The predicted octanol–water partition coefficient (Wildman–Crippen LogP) is 5.39. The molecular formula is C27H30O. The van der Waals surface area contributed by atoms with Gasteiger partial charge in [-0.25, -0.2) is 0 Å². The first-order valence-electron chi connectivity index (χ1n) is 10.0. The first-order chi connectivity index (χ1) is 13.6. The van der Waals surface area contributed by atoms with E-state index in [1.807, 2.05) is 74.5 Å². The van der Waals surface area contributed by atoms with Gasteiger partial charge in [0.25, 0.3) is 0 Å². The van der Waals surface area contributed by atoms with Crippen LogP contribution in [0.1, 0.15) is 49.8 Å². The highest BCUT2D eigenvalue weighted by Gasteiger charge is 2.18.